The largest absolute Gasteiger partial charge is 0.507 e. The lowest BCUT2D eigenvalue weighted by Crippen LogP contribution is -2.28. The molecule has 168 valence electrons. The summed E-state index contributed by atoms with van der Waals surface area (Å²) in [6.07, 6.45) is 0.877. The fraction of sp³-hybridized carbons (Fsp3) is 0.150. The molecule has 0 aliphatic rings. The number of phenolic OH excluding ortho intramolecular Hbond substituents is 1. The predicted octanol–water partition coefficient (Wildman–Crippen LogP) is 2.37. The van der Waals surface area contributed by atoms with E-state index in [0.29, 0.717) is 32.1 Å². The SMILES string of the molecule is CS(=O)(=O)OCCNS(=O)(=O)c1ccc(-c2c(O)ccc3[nH]c(=O)c4sccc4c23)cc1. The van der Waals surface area contributed by atoms with Crippen LogP contribution in [0.1, 0.15) is 0 Å². The Hall–Kier alpha value is -2.77. The third-order valence-electron chi connectivity index (χ3n) is 4.72. The van der Waals surface area contributed by atoms with Crippen LogP contribution in [0.3, 0.4) is 0 Å². The lowest BCUT2D eigenvalue weighted by atomic mass is 9.97. The Morgan fingerprint density at radius 2 is 1.78 bits per heavy atom. The van der Waals surface area contributed by atoms with E-state index in [0.717, 1.165) is 6.26 Å². The Balaban J connectivity index is 1.70. The van der Waals surface area contributed by atoms with Gasteiger partial charge in [-0.15, -0.1) is 11.3 Å². The number of fused-ring (bicyclic) bond motifs is 3. The van der Waals surface area contributed by atoms with Crippen LogP contribution < -0.4 is 10.3 Å². The Labute approximate surface area is 187 Å². The van der Waals surface area contributed by atoms with Crippen LogP contribution in [0.15, 0.2) is 57.5 Å². The van der Waals surface area contributed by atoms with Crippen LogP contribution in [0.4, 0.5) is 0 Å². The summed E-state index contributed by atoms with van der Waals surface area (Å²) in [6, 6.07) is 10.8. The van der Waals surface area contributed by atoms with Gasteiger partial charge in [-0.2, -0.15) is 8.42 Å². The van der Waals surface area contributed by atoms with Gasteiger partial charge in [0, 0.05) is 28.4 Å². The number of hydrogen-bond donors (Lipinski definition) is 3. The zero-order chi connectivity index (χ0) is 23.1. The second kappa shape index (κ2) is 8.30. The summed E-state index contributed by atoms with van der Waals surface area (Å²) in [7, 11) is -7.55. The van der Waals surface area contributed by atoms with Gasteiger partial charge in [0.1, 0.15) is 10.4 Å². The van der Waals surface area contributed by atoms with Crippen LogP contribution >= 0.6 is 11.3 Å². The van der Waals surface area contributed by atoms with E-state index in [1.165, 1.54) is 29.5 Å². The molecule has 0 aliphatic carbocycles. The van der Waals surface area contributed by atoms with Gasteiger partial charge in [0.05, 0.1) is 17.8 Å². The first-order valence-corrected chi connectivity index (χ1v) is 13.4. The first kappa shape index (κ1) is 22.4. The number of aromatic nitrogens is 1. The maximum absolute atomic E-state index is 12.5. The van der Waals surface area contributed by atoms with Crippen molar-refractivity contribution in [3.05, 3.63) is 58.2 Å². The molecule has 0 saturated heterocycles. The van der Waals surface area contributed by atoms with Gasteiger partial charge in [-0.1, -0.05) is 12.1 Å². The van der Waals surface area contributed by atoms with Crippen LogP contribution in [-0.2, 0) is 24.3 Å². The number of aromatic hydroxyl groups is 1. The zero-order valence-corrected chi connectivity index (χ0v) is 19.1. The minimum Gasteiger partial charge on any atom is -0.507 e. The molecule has 2 aromatic carbocycles. The Morgan fingerprint density at radius 1 is 1.06 bits per heavy atom. The standard InChI is InChI=1S/C20H18N2O7S3/c1-31(25,26)29-10-9-21-32(27,28)13-4-2-12(3-5-13)17-16(23)7-6-15-18(17)14-8-11-30-19(14)20(24)22-15/h2-8,11,21,23H,9-10H2,1H3,(H,22,24). The lowest BCUT2D eigenvalue weighted by Gasteiger charge is -2.12. The van der Waals surface area contributed by atoms with E-state index < -0.39 is 20.1 Å². The van der Waals surface area contributed by atoms with E-state index in [1.807, 2.05) is 6.07 Å². The highest BCUT2D eigenvalue weighted by Crippen LogP contribution is 2.39. The highest BCUT2D eigenvalue weighted by atomic mass is 32.2. The number of phenols is 1. The van der Waals surface area contributed by atoms with Crippen LogP contribution in [0.5, 0.6) is 5.75 Å². The van der Waals surface area contributed by atoms with E-state index in [4.69, 9.17) is 0 Å². The molecule has 0 saturated carbocycles. The van der Waals surface area contributed by atoms with E-state index in [1.54, 1.807) is 23.6 Å². The molecule has 12 heteroatoms. The van der Waals surface area contributed by atoms with Crippen molar-refractivity contribution >= 4 is 52.5 Å². The fourth-order valence-corrected chi connectivity index (χ4v) is 5.58. The number of aromatic amines is 1. The normalized spacial score (nSPS) is 12.5. The molecule has 0 unspecified atom stereocenters. The summed E-state index contributed by atoms with van der Waals surface area (Å²) in [5, 5.41) is 13.7. The second-order valence-electron chi connectivity index (χ2n) is 6.95. The molecule has 4 rings (SSSR count). The number of pyridine rings is 1. The Kier molecular flexibility index (Phi) is 5.81. The highest BCUT2D eigenvalue weighted by molar-refractivity contribution is 7.89. The molecule has 2 aromatic heterocycles. The van der Waals surface area contributed by atoms with Gasteiger partial charge in [-0.3, -0.25) is 8.98 Å². The quantitative estimate of drug-likeness (QED) is 0.264. The molecule has 0 atom stereocenters. The maximum Gasteiger partial charge on any atom is 0.266 e. The van der Waals surface area contributed by atoms with Gasteiger partial charge in [-0.25, -0.2) is 13.1 Å². The van der Waals surface area contributed by atoms with Gasteiger partial charge in [0.15, 0.2) is 0 Å². The summed E-state index contributed by atoms with van der Waals surface area (Å²) in [4.78, 5) is 15.1. The smallest absolute Gasteiger partial charge is 0.266 e. The van der Waals surface area contributed by atoms with Crippen molar-refractivity contribution in [2.24, 2.45) is 0 Å². The monoisotopic (exact) mass is 494 g/mol. The molecule has 2 heterocycles. The zero-order valence-electron chi connectivity index (χ0n) is 16.7. The van der Waals surface area contributed by atoms with Crippen molar-refractivity contribution in [1.29, 1.82) is 0 Å². The van der Waals surface area contributed by atoms with Gasteiger partial charge >= 0.3 is 0 Å². The summed E-state index contributed by atoms with van der Waals surface area (Å²) >= 11 is 1.29. The number of nitrogens with one attached hydrogen (secondary N) is 2. The van der Waals surface area contributed by atoms with Gasteiger partial charge < -0.3 is 10.1 Å². The maximum atomic E-state index is 12.5. The average molecular weight is 495 g/mol. The van der Waals surface area contributed by atoms with Crippen LogP contribution in [0.2, 0.25) is 0 Å². The minimum absolute atomic E-state index is 0.0105. The first-order valence-electron chi connectivity index (χ1n) is 9.26. The van der Waals surface area contributed by atoms with Crippen molar-refractivity contribution in [2.45, 2.75) is 4.90 Å². The third kappa shape index (κ3) is 4.40. The van der Waals surface area contributed by atoms with E-state index >= 15 is 0 Å². The molecule has 0 bridgehead atoms. The van der Waals surface area contributed by atoms with Crippen molar-refractivity contribution in [3.8, 4) is 16.9 Å². The van der Waals surface area contributed by atoms with Crippen molar-refractivity contribution in [1.82, 2.24) is 9.71 Å². The molecule has 32 heavy (non-hydrogen) atoms. The Morgan fingerprint density at radius 3 is 2.47 bits per heavy atom. The highest BCUT2D eigenvalue weighted by Gasteiger charge is 2.18. The van der Waals surface area contributed by atoms with E-state index in [2.05, 4.69) is 13.9 Å². The van der Waals surface area contributed by atoms with Crippen molar-refractivity contribution in [3.63, 3.8) is 0 Å². The Bertz CT molecular complexity index is 1590. The van der Waals surface area contributed by atoms with E-state index in [9.17, 15) is 26.7 Å². The van der Waals surface area contributed by atoms with Crippen LogP contribution in [-0.4, -0.2) is 46.3 Å². The van der Waals surface area contributed by atoms with E-state index in [-0.39, 0.29) is 29.4 Å². The van der Waals surface area contributed by atoms with Gasteiger partial charge in [0.25, 0.3) is 15.7 Å². The topological polar surface area (TPSA) is 143 Å². The number of sulfonamides is 1. The number of thiophene rings is 1. The molecule has 9 nitrogen and oxygen atoms in total. The van der Waals surface area contributed by atoms with Crippen molar-refractivity contribution < 1.29 is 26.1 Å². The molecular weight excluding hydrogens is 476 g/mol. The predicted molar refractivity (Wildman–Crippen MR) is 123 cm³/mol. The summed E-state index contributed by atoms with van der Waals surface area (Å²) in [6.45, 7) is -0.542. The minimum atomic E-state index is -3.89. The molecule has 3 N–H and O–H groups in total. The van der Waals surface area contributed by atoms with Crippen LogP contribution in [0.25, 0.3) is 32.1 Å². The number of H-pyrrole nitrogens is 1. The molecule has 4 aromatic rings. The summed E-state index contributed by atoms with van der Waals surface area (Å²) < 4.78 is 54.2. The first-order chi connectivity index (χ1) is 15.1. The molecule has 0 fully saturated rings. The average Bonchev–Trinajstić information content (AvgIpc) is 3.22. The molecule has 0 radical (unpaired) electrons. The van der Waals surface area contributed by atoms with Crippen LogP contribution in [0, 0.1) is 0 Å². The third-order valence-corrected chi connectivity index (χ3v) is 7.70. The number of benzene rings is 2. The summed E-state index contributed by atoms with van der Waals surface area (Å²) in [5.41, 5.74) is 1.37. The molecule has 0 amide bonds. The number of hydrogen-bond acceptors (Lipinski definition) is 8. The second-order valence-corrected chi connectivity index (χ2v) is 11.3. The van der Waals surface area contributed by atoms with Crippen molar-refractivity contribution in [2.75, 3.05) is 19.4 Å². The van der Waals surface area contributed by atoms with Gasteiger partial charge in [-0.05, 0) is 41.3 Å². The molecule has 0 spiro atoms. The molecule has 0 aliphatic heterocycles. The van der Waals surface area contributed by atoms with Gasteiger partial charge in [0.2, 0.25) is 10.0 Å². The summed E-state index contributed by atoms with van der Waals surface area (Å²) in [5.74, 6) is -0.0105. The number of rotatable bonds is 7. The molecular formula is C20H18N2O7S3. The fourth-order valence-electron chi connectivity index (χ4n) is 3.38. The lowest BCUT2D eigenvalue weighted by molar-refractivity contribution is 0.326.